The minimum absolute atomic E-state index is 0.245. The zero-order valence-corrected chi connectivity index (χ0v) is 11.6. The number of ether oxygens (including phenoxy) is 1. The van der Waals surface area contributed by atoms with Gasteiger partial charge in [0.15, 0.2) is 0 Å². The summed E-state index contributed by atoms with van der Waals surface area (Å²) in [7, 11) is 0. The average molecular weight is 267 g/mol. The minimum Gasteiger partial charge on any atom is -0.391 e. The van der Waals surface area contributed by atoms with Gasteiger partial charge in [0.1, 0.15) is 5.82 Å². The van der Waals surface area contributed by atoms with Crippen molar-refractivity contribution in [2.45, 2.75) is 31.9 Å². The van der Waals surface area contributed by atoms with Gasteiger partial charge in [-0.2, -0.15) is 0 Å². The number of halogens is 1. The smallest absolute Gasteiger partial charge is 0.123 e. The second kappa shape index (κ2) is 5.99. The minimum atomic E-state index is -0.490. The first-order chi connectivity index (χ1) is 9.00. The summed E-state index contributed by atoms with van der Waals surface area (Å²) in [5.41, 5.74) is 0.647. The van der Waals surface area contributed by atoms with Crippen LogP contribution < -0.4 is 0 Å². The highest BCUT2D eigenvalue weighted by Gasteiger charge is 2.35. The van der Waals surface area contributed by atoms with Crippen molar-refractivity contribution in [3.8, 4) is 0 Å². The van der Waals surface area contributed by atoms with E-state index in [4.69, 9.17) is 4.74 Å². The molecule has 0 spiro atoms. The molecule has 0 amide bonds. The maximum absolute atomic E-state index is 12.9. The third-order valence-corrected chi connectivity index (χ3v) is 3.98. The number of hydrogen-bond acceptors (Lipinski definition) is 3. The van der Waals surface area contributed by atoms with Gasteiger partial charge in [-0.1, -0.05) is 12.1 Å². The van der Waals surface area contributed by atoms with Gasteiger partial charge in [-0.05, 0) is 31.5 Å². The molecule has 2 rings (SSSR count). The van der Waals surface area contributed by atoms with E-state index in [9.17, 15) is 9.50 Å². The Labute approximate surface area is 114 Å². The van der Waals surface area contributed by atoms with Crippen LogP contribution in [0.3, 0.4) is 0 Å². The zero-order valence-electron chi connectivity index (χ0n) is 11.6. The lowest BCUT2D eigenvalue weighted by Crippen LogP contribution is -2.56. The molecule has 1 aromatic rings. The van der Waals surface area contributed by atoms with Gasteiger partial charge in [0.05, 0.1) is 19.3 Å². The first-order valence-electron chi connectivity index (χ1n) is 6.75. The van der Waals surface area contributed by atoms with E-state index >= 15 is 0 Å². The maximum atomic E-state index is 12.9. The molecule has 1 aliphatic heterocycles. The highest BCUT2D eigenvalue weighted by atomic mass is 19.1. The van der Waals surface area contributed by atoms with Gasteiger partial charge in [-0.25, -0.2) is 4.39 Å². The van der Waals surface area contributed by atoms with Crippen LogP contribution in [0.1, 0.15) is 19.4 Å². The van der Waals surface area contributed by atoms with Crippen LogP contribution in [0.4, 0.5) is 4.39 Å². The van der Waals surface area contributed by atoms with Crippen molar-refractivity contribution in [1.29, 1.82) is 0 Å². The fourth-order valence-electron chi connectivity index (χ4n) is 2.44. The lowest BCUT2D eigenvalue weighted by Gasteiger charge is -2.43. The molecule has 0 aromatic heterocycles. The molecule has 1 atom stereocenters. The molecular weight excluding hydrogens is 245 g/mol. The van der Waals surface area contributed by atoms with E-state index in [-0.39, 0.29) is 11.4 Å². The molecule has 3 nitrogen and oxygen atoms in total. The van der Waals surface area contributed by atoms with E-state index in [2.05, 4.69) is 4.90 Å². The third-order valence-electron chi connectivity index (χ3n) is 3.98. The van der Waals surface area contributed by atoms with E-state index < -0.39 is 6.10 Å². The van der Waals surface area contributed by atoms with E-state index in [1.54, 1.807) is 12.1 Å². The largest absolute Gasteiger partial charge is 0.391 e. The molecule has 1 aromatic carbocycles. The Morgan fingerprint density at radius 2 is 1.84 bits per heavy atom. The first-order valence-corrected chi connectivity index (χ1v) is 6.75. The predicted octanol–water partition coefficient (Wildman–Crippen LogP) is 1.84. The Morgan fingerprint density at radius 3 is 2.42 bits per heavy atom. The van der Waals surface area contributed by atoms with E-state index in [0.29, 0.717) is 19.6 Å². The van der Waals surface area contributed by atoms with Crippen LogP contribution in [-0.4, -0.2) is 48.0 Å². The number of rotatable bonds is 4. The van der Waals surface area contributed by atoms with Crippen LogP contribution in [0.15, 0.2) is 24.3 Å². The van der Waals surface area contributed by atoms with Crippen molar-refractivity contribution in [2.75, 3.05) is 26.3 Å². The van der Waals surface area contributed by atoms with Gasteiger partial charge in [0.2, 0.25) is 0 Å². The lowest BCUT2D eigenvalue weighted by molar-refractivity contribution is -0.0612. The second-order valence-corrected chi connectivity index (χ2v) is 5.60. The summed E-state index contributed by atoms with van der Waals surface area (Å²) in [5, 5.41) is 10.5. The molecule has 1 unspecified atom stereocenters. The molecule has 0 saturated carbocycles. The van der Waals surface area contributed by atoms with Crippen LogP contribution in [-0.2, 0) is 11.2 Å². The van der Waals surface area contributed by atoms with E-state index in [1.165, 1.54) is 12.1 Å². The summed E-state index contributed by atoms with van der Waals surface area (Å²) >= 11 is 0. The topological polar surface area (TPSA) is 32.7 Å². The van der Waals surface area contributed by atoms with Gasteiger partial charge in [-0.15, -0.1) is 0 Å². The summed E-state index contributed by atoms with van der Waals surface area (Å²) in [6.45, 7) is 7.21. The molecule has 0 aliphatic carbocycles. The molecular formula is C15H22FNO2. The maximum Gasteiger partial charge on any atom is 0.123 e. The van der Waals surface area contributed by atoms with E-state index in [1.807, 2.05) is 13.8 Å². The summed E-state index contributed by atoms with van der Waals surface area (Å²) in [4.78, 5) is 2.25. The number of nitrogens with zero attached hydrogens (tertiary/aromatic N) is 1. The van der Waals surface area contributed by atoms with Gasteiger partial charge in [0, 0.05) is 25.0 Å². The fourth-order valence-corrected chi connectivity index (χ4v) is 2.44. The number of morpholine rings is 1. The van der Waals surface area contributed by atoms with Crippen molar-refractivity contribution < 1.29 is 14.2 Å². The molecule has 0 radical (unpaired) electrons. The van der Waals surface area contributed by atoms with Gasteiger partial charge in [-0.3, -0.25) is 4.90 Å². The number of aliphatic hydroxyl groups is 1. The predicted molar refractivity (Wildman–Crippen MR) is 72.6 cm³/mol. The Bertz CT molecular complexity index is 399. The van der Waals surface area contributed by atoms with Gasteiger partial charge in [0.25, 0.3) is 0 Å². The number of benzene rings is 1. The molecule has 1 aliphatic rings. The lowest BCUT2D eigenvalue weighted by atomic mass is 9.89. The van der Waals surface area contributed by atoms with Crippen molar-refractivity contribution in [3.05, 3.63) is 35.6 Å². The number of aliphatic hydroxyl groups excluding tert-OH is 1. The van der Waals surface area contributed by atoms with E-state index in [0.717, 1.165) is 18.7 Å². The standard InChI is InChI=1S/C15H22FNO2/c1-15(2,17-7-9-19-10-8-17)14(18)11-12-3-5-13(16)6-4-12/h3-6,14,18H,7-11H2,1-2H3. The highest BCUT2D eigenvalue weighted by molar-refractivity contribution is 5.17. The van der Waals surface area contributed by atoms with Gasteiger partial charge >= 0.3 is 0 Å². The summed E-state index contributed by atoms with van der Waals surface area (Å²) in [6, 6.07) is 6.33. The Morgan fingerprint density at radius 1 is 1.26 bits per heavy atom. The molecule has 4 heteroatoms. The van der Waals surface area contributed by atoms with Crippen molar-refractivity contribution in [3.63, 3.8) is 0 Å². The Hall–Kier alpha value is -0.970. The highest BCUT2D eigenvalue weighted by Crippen LogP contribution is 2.23. The van der Waals surface area contributed by atoms with Crippen molar-refractivity contribution in [1.82, 2.24) is 4.90 Å². The molecule has 0 bridgehead atoms. The first kappa shape index (κ1) is 14.4. The summed E-state index contributed by atoms with van der Waals surface area (Å²) in [5.74, 6) is -0.245. The molecule has 19 heavy (non-hydrogen) atoms. The molecule has 1 fully saturated rings. The summed E-state index contributed by atoms with van der Waals surface area (Å²) in [6.07, 6.45) is 0.0426. The Kier molecular flexibility index (Phi) is 4.55. The Balaban J connectivity index is 2.00. The van der Waals surface area contributed by atoms with Crippen LogP contribution in [0, 0.1) is 5.82 Å². The SMILES string of the molecule is CC(C)(C(O)Cc1ccc(F)cc1)N1CCOCC1. The molecule has 1 heterocycles. The quantitative estimate of drug-likeness (QED) is 0.903. The second-order valence-electron chi connectivity index (χ2n) is 5.60. The summed E-state index contributed by atoms with van der Waals surface area (Å²) < 4.78 is 18.2. The van der Waals surface area contributed by atoms with Gasteiger partial charge < -0.3 is 9.84 Å². The fraction of sp³-hybridized carbons (Fsp3) is 0.600. The van der Waals surface area contributed by atoms with Crippen LogP contribution in [0.5, 0.6) is 0 Å². The number of hydrogen-bond donors (Lipinski definition) is 1. The molecule has 1 N–H and O–H groups in total. The molecule has 106 valence electrons. The van der Waals surface area contributed by atoms with Crippen LogP contribution in [0.2, 0.25) is 0 Å². The average Bonchev–Trinajstić information content (AvgIpc) is 2.42. The van der Waals surface area contributed by atoms with Crippen LogP contribution in [0.25, 0.3) is 0 Å². The normalized spacial score (nSPS) is 19.4. The zero-order chi connectivity index (χ0) is 13.9. The van der Waals surface area contributed by atoms with Crippen LogP contribution >= 0.6 is 0 Å². The monoisotopic (exact) mass is 267 g/mol. The van der Waals surface area contributed by atoms with Crippen molar-refractivity contribution in [2.24, 2.45) is 0 Å². The van der Waals surface area contributed by atoms with Crippen molar-refractivity contribution >= 4 is 0 Å². The molecule has 1 saturated heterocycles. The third kappa shape index (κ3) is 3.53.